The van der Waals surface area contributed by atoms with Crippen LogP contribution in [0.25, 0.3) is 0 Å². The van der Waals surface area contributed by atoms with Gasteiger partial charge < -0.3 is 9.67 Å². The van der Waals surface area contributed by atoms with Gasteiger partial charge >= 0.3 is 5.97 Å². The summed E-state index contributed by atoms with van der Waals surface area (Å²) in [6.45, 7) is 0. The van der Waals surface area contributed by atoms with Crippen LogP contribution in [0.1, 0.15) is 18.5 Å². The first kappa shape index (κ1) is 8.29. The maximum absolute atomic E-state index is 10.9. The van der Waals surface area contributed by atoms with E-state index in [1.54, 1.807) is 12.5 Å². The standard InChI is InChI=1S/C9H12N2O2/c1-11-6-10-5-7(11)4-9(2-3-9)8(12)13/h5-6H,2-4H2,1H3,(H,12,13). The minimum absolute atomic E-state index is 0.478. The highest BCUT2D eigenvalue weighted by Gasteiger charge is 2.50. The number of imidazole rings is 1. The molecular formula is C9H12N2O2. The fourth-order valence-corrected chi connectivity index (χ4v) is 1.52. The maximum Gasteiger partial charge on any atom is 0.310 e. The number of hydrogen-bond acceptors (Lipinski definition) is 2. The molecule has 1 aliphatic carbocycles. The van der Waals surface area contributed by atoms with Crippen LogP contribution >= 0.6 is 0 Å². The lowest BCUT2D eigenvalue weighted by molar-refractivity contribution is -0.143. The summed E-state index contributed by atoms with van der Waals surface area (Å²) in [5, 5.41) is 8.96. The highest BCUT2D eigenvalue weighted by Crippen LogP contribution is 2.48. The van der Waals surface area contributed by atoms with E-state index in [-0.39, 0.29) is 0 Å². The van der Waals surface area contributed by atoms with Gasteiger partial charge in [-0.25, -0.2) is 4.98 Å². The largest absolute Gasteiger partial charge is 0.481 e. The molecule has 70 valence electrons. The predicted molar refractivity (Wildman–Crippen MR) is 46.2 cm³/mol. The quantitative estimate of drug-likeness (QED) is 0.749. The Kier molecular flexibility index (Phi) is 1.65. The van der Waals surface area contributed by atoms with Crippen LogP contribution in [0.2, 0.25) is 0 Å². The molecule has 4 nitrogen and oxygen atoms in total. The van der Waals surface area contributed by atoms with Crippen LogP contribution in [0.3, 0.4) is 0 Å². The highest BCUT2D eigenvalue weighted by atomic mass is 16.4. The molecule has 0 amide bonds. The van der Waals surface area contributed by atoms with Crippen molar-refractivity contribution in [3.05, 3.63) is 18.2 Å². The van der Waals surface area contributed by atoms with E-state index in [0.29, 0.717) is 6.42 Å². The third-order valence-corrected chi connectivity index (χ3v) is 2.74. The van der Waals surface area contributed by atoms with Crippen molar-refractivity contribution in [2.75, 3.05) is 0 Å². The summed E-state index contributed by atoms with van der Waals surface area (Å²) in [5.74, 6) is -0.672. The molecule has 0 radical (unpaired) electrons. The molecule has 0 unspecified atom stereocenters. The number of nitrogens with zero attached hydrogens (tertiary/aromatic N) is 2. The molecule has 1 aromatic heterocycles. The second kappa shape index (κ2) is 2.58. The first-order valence-electron chi connectivity index (χ1n) is 4.33. The monoisotopic (exact) mass is 180 g/mol. The molecule has 1 aromatic rings. The molecule has 0 spiro atoms. The van der Waals surface area contributed by atoms with Crippen molar-refractivity contribution < 1.29 is 9.90 Å². The molecule has 0 bridgehead atoms. The second-order valence-corrected chi connectivity index (χ2v) is 3.76. The smallest absolute Gasteiger partial charge is 0.310 e. The van der Waals surface area contributed by atoms with E-state index in [1.165, 1.54) is 0 Å². The third kappa shape index (κ3) is 1.32. The summed E-state index contributed by atoms with van der Waals surface area (Å²) in [4.78, 5) is 14.9. The number of carboxylic acids is 1. The minimum Gasteiger partial charge on any atom is -0.481 e. The van der Waals surface area contributed by atoms with E-state index in [9.17, 15) is 4.79 Å². The molecule has 1 N–H and O–H groups in total. The summed E-state index contributed by atoms with van der Waals surface area (Å²) in [5.41, 5.74) is 0.522. The Hall–Kier alpha value is -1.32. The maximum atomic E-state index is 10.9. The van der Waals surface area contributed by atoms with Gasteiger partial charge in [-0.2, -0.15) is 0 Å². The third-order valence-electron chi connectivity index (χ3n) is 2.74. The number of rotatable bonds is 3. The first-order chi connectivity index (χ1) is 6.14. The molecule has 13 heavy (non-hydrogen) atoms. The Bertz CT molecular complexity index is 339. The Morgan fingerprint density at radius 2 is 2.46 bits per heavy atom. The highest BCUT2D eigenvalue weighted by molar-refractivity contribution is 5.78. The number of carboxylic acid groups (broad SMARTS) is 1. The molecular weight excluding hydrogens is 168 g/mol. The van der Waals surface area contributed by atoms with Crippen LogP contribution in [0, 0.1) is 5.41 Å². The zero-order valence-electron chi connectivity index (χ0n) is 7.53. The van der Waals surface area contributed by atoms with Crippen molar-refractivity contribution in [2.24, 2.45) is 12.5 Å². The average molecular weight is 180 g/mol. The van der Waals surface area contributed by atoms with Crippen molar-refractivity contribution >= 4 is 5.97 Å². The van der Waals surface area contributed by atoms with Gasteiger partial charge in [-0.1, -0.05) is 0 Å². The van der Waals surface area contributed by atoms with E-state index in [4.69, 9.17) is 5.11 Å². The van der Waals surface area contributed by atoms with Crippen molar-refractivity contribution in [3.8, 4) is 0 Å². The first-order valence-corrected chi connectivity index (χ1v) is 4.33. The molecule has 1 aliphatic rings. The summed E-state index contributed by atoms with van der Waals surface area (Å²) >= 11 is 0. The lowest BCUT2D eigenvalue weighted by atomic mass is 10.0. The SMILES string of the molecule is Cn1cncc1CC1(C(=O)O)CC1. The van der Waals surface area contributed by atoms with E-state index in [0.717, 1.165) is 18.5 Å². The summed E-state index contributed by atoms with van der Waals surface area (Å²) in [6.07, 6.45) is 5.65. The van der Waals surface area contributed by atoms with Crippen molar-refractivity contribution in [1.29, 1.82) is 0 Å². The van der Waals surface area contributed by atoms with Gasteiger partial charge in [0.1, 0.15) is 0 Å². The van der Waals surface area contributed by atoms with Crippen molar-refractivity contribution in [1.82, 2.24) is 9.55 Å². The normalized spacial score (nSPS) is 18.5. The zero-order valence-corrected chi connectivity index (χ0v) is 7.53. The lowest BCUT2D eigenvalue weighted by Gasteiger charge is -2.08. The summed E-state index contributed by atoms with van der Waals surface area (Å²) < 4.78 is 1.88. The van der Waals surface area contributed by atoms with E-state index >= 15 is 0 Å². The average Bonchev–Trinajstić information content (AvgIpc) is 2.74. The topological polar surface area (TPSA) is 55.1 Å². The summed E-state index contributed by atoms with van der Waals surface area (Å²) in [6, 6.07) is 0. The lowest BCUT2D eigenvalue weighted by Crippen LogP contribution is -2.18. The van der Waals surface area contributed by atoms with Gasteiger partial charge in [0.05, 0.1) is 11.7 Å². The van der Waals surface area contributed by atoms with Crippen molar-refractivity contribution in [3.63, 3.8) is 0 Å². The number of carbonyl (C=O) groups is 1. The molecule has 2 rings (SSSR count). The van der Waals surface area contributed by atoms with Crippen LogP contribution in [-0.2, 0) is 18.3 Å². The van der Waals surface area contributed by atoms with Crippen LogP contribution in [0.4, 0.5) is 0 Å². The molecule has 0 saturated heterocycles. The number of aromatic nitrogens is 2. The zero-order chi connectivity index (χ0) is 9.47. The summed E-state index contributed by atoms with van der Waals surface area (Å²) in [7, 11) is 1.89. The predicted octanol–water partition coefficient (Wildman–Crippen LogP) is 0.827. The Balaban J connectivity index is 2.15. The van der Waals surface area contributed by atoms with Gasteiger partial charge in [0.2, 0.25) is 0 Å². The fraction of sp³-hybridized carbons (Fsp3) is 0.556. The second-order valence-electron chi connectivity index (χ2n) is 3.76. The van der Waals surface area contributed by atoms with Gasteiger partial charge in [0.15, 0.2) is 0 Å². The molecule has 0 atom stereocenters. The fourth-order valence-electron chi connectivity index (χ4n) is 1.52. The number of aliphatic carboxylic acids is 1. The Labute approximate surface area is 76.2 Å². The molecule has 1 fully saturated rings. The van der Waals surface area contributed by atoms with Crippen molar-refractivity contribution in [2.45, 2.75) is 19.3 Å². The molecule has 4 heteroatoms. The van der Waals surface area contributed by atoms with Crippen LogP contribution < -0.4 is 0 Å². The number of hydrogen-bond donors (Lipinski definition) is 1. The Morgan fingerprint density at radius 1 is 1.77 bits per heavy atom. The van der Waals surface area contributed by atoms with Crippen LogP contribution in [-0.4, -0.2) is 20.6 Å². The molecule has 1 saturated carbocycles. The van der Waals surface area contributed by atoms with Gasteiger partial charge in [-0.05, 0) is 12.8 Å². The Morgan fingerprint density at radius 3 is 2.85 bits per heavy atom. The van der Waals surface area contributed by atoms with Crippen LogP contribution in [0.5, 0.6) is 0 Å². The molecule has 1 heterocycles. The van der Waals surface area contributed by atoms with Gasteiger partial charge in [0.25, 0.3) is 0 Å². The molecule has 0 aromatic carbocycles. The van der Waals surface area contributed by atoms with E-state index in [2.05, 4.69) is 4.98 Å². The van der Waals surface area contributed by atoms with E-state index in [1.807, 2.05) is 11.6 Å². The van der Waals surface area contributed by atoms with E-state index < -0.39 is 11.4 Å². The minimum atomic E-state index is -0.672. The number of aryl methyl sites for hydroxylation is 1. The van der Waals surface area contributed by atoms with Crippen LogP contribution in [0.15, 0.2) is 12.5 Å². The van der Waals surface area contributed by atoms with Gasteiger partial charge in [0, 0.05) is 25.4 Å². The van der Waals surface area contributed by atoms with Gasteiger partial charge in [-0.15, -0.1) is 0 Å². The molecule has 0 aliphatic heterocycles. The van der Waals surface area contributed by atoms with Gasteiger partial charge in [-0.3, -0.25) is 4.79 Å².